The van der Waals surface area contributed by atoms with E-state index in [1.165, 1.54) is 5.56 Å². The Morgan fingerprint density at radius 3 is 2.59 bits per heavy atom. The maximum absolute atomic E-state index is 12.5. The number of anilines is 1. The minimum Gasteiger partial charge on any atom is -0.345 e. The molecule has 1 aliphatic heterocycles. The molecule has 1 fully saturated rings. The highest BCUT2D eigenvalue weighted by atomic mass is 35.5. The summed E-state index contributed by atoms with van der Waals surface area (Å²) in [6.07, 6.45) is 0. The molecular formula is C20H20ClN3OS2. The highest BCUT2D eigenvalue weighted by Gasteiger charge is 2.23. The number of carbonyl (C=O) groups excluding carboxylic acids is 1. The predicted octanol–water partition coefficient (Wildman–Crippen LogP) is 4.53. The second kappa shape index (κ2) is 8.50. The van der Waals surface area contributed by atoms with E-state index in [1.54, 1.807) is 23.1 Å². The van der Waals surface area contributed by atoms with Gasteiger partial charge in [0, 0.05) is 31.9 Å². The highest BCUT2D eigenvalue weighted by Crippen LogP contribution is 2.33. The third kappa shape index (κ3) is 4.39. The Hall–Kier alpha value is -1.76. The number of hydrogen-bond acceptors (Lipinski definition) is 5. The molecule has 0 unspecified atom stereocenters. The molecule has 4 rings (SSSR count). The number of amides is 1. The Kier molecular flexibility index (Phi) is 5.86. The third-order valence-electron chi connectivity index (χ3n) is 4.60. The van der Waals surface area contributed by atoms with Crippen molar-refractivity contribution in [3.63, 3.8) is 0 Å². The SMILES string of the molecule is O=C(CSCc1ccccc1)N1CCN(c2nc3c(Cl)cccc3s2)CC1. The number of thiazole rings is 1. The standard InChI is InChI=1S/C20H20ClN3OS2/c21-16-7-4-8-17-19(16)22-20(27-17)24-11-9-23(10-12-24)18(25)14-26-13-15-5-2-1-3-6-15/h1-8H,9-14H2. The molecule has 27 heavy (non-hydrogen) atoms. The van der Waals surface area contributed by atoms with E-state index in [2.05, 4.69) is 17.0 Å². The summed E-state index contributed by atoms with van der Waals surface area (Å²) in [4.78, 5) is 21.4. The molecule has 1 saturated heterocycles. The van der Waals surface area contributed by atoms with E-state index in [4.69, 9.17) is 16.6 Å². The van der Waals surface area contributed by atoms with Gasteiger partial charge in [0.2, 0.25) is 5.91 Å². The van der Waals surface area contributed by atoms with Crippen LogP contribution in [0.2, 0.25) is 5.02 Å². The summed E-state index contributed by atoms with van der Waals surface area (Å²) in [5.41, 5.74) is 2.13. The summed E-state index contributed by atoms with van der Waals surface area (Å²) < 4.78 is 1.10. The van der Waals surface area contributed by atoms with Crippen LogP contribution in [-0.2, 0) is 10.5 Å². The van der Waals surface area contributed by atoms with E-state index < -0.39 is 0 Å². The Labute approximate surface area is 172 Å². The number of hydrogen-bond donors (Lipinski definition) is 0. The lowest BCUT2D eigenvalue weighted by Gasteiger charge is -2.34. The maximum Gasteiger partial charge on any atom is 0.232 e. The van der Waals surface area contributed by atoms with Gasteiger partial charge in [-0.1, -0.05) is 59.3 Å². The van der Waals surface area contributed by atoms with Gasteiger partial charge in [-0.3, -0.25) is 4.79 Å². The zero-order chi connectivity index (χ0) is 18.6. The minimum atomic E-state index is 0.225. The fourth-order valence-electron chi connectivity index (χ4n) is 3.11. The van der Waals surface area contributed by atoms with E-state index in [1.807, 2.05) is 41.3 Å². The normalized spacial score (nSPS) is 14.7. The molecule has 1 amide bonds. The van der Waals surface area contributed by atoms with Crippen molar-refractivity contribution in [3.05, 3.63) is 59.1 Å². The molecule has 0 radical (unpaired) electrons. The number of nitrogens with zero attached hydrogens (tertiary/aromatic N) is 3. The number of benzene rings is 2. The van der Waals surface area contributed by atoms with Crippen molar-refractivity contribution in [2.24, 2.45) is 0 Å². The summed E-state index contributed by atoms with van der Waals surface area (Å²) in [7, 11) is 0. The van der Waals surface area contributed by atoms with Crippen LogP contribution in [0.1, 0.15) is 5.56 Å². The zero-order valence-electron chi connectivity index (χ0n) is 14.8. The van der Waals surface area contributed by atoms with E-state index in [0.29, 0.717) is 10.8 Å². The first-order chi connectivity index (χ1) is 13.2. The van der Waals surface area contributed by atoms with E-state index >= 15 is 0 Å². The van der Waals surface area contributed by atoms with Gasteiger partial charge < -0.3 is 9.80 Å². The monoisotopic (exact) mass is 417 g/mol. The van der Waals surface area contributed by atoms with Crippen LogP contribution in [-0.4, -0.2) is 47.7 Å². The molecule has 2 heterocycles. The maximum atomic E-state index is 12.5. The number of rotatable bonds is 5. The van der Waals surface area contributed by atoms with Crippen LogP contribution in [0.25, 0.3) is 10.2 Å². The van der Waals surface area contributed by atoms with Gasteiger partial charge in [-0.25, -0.2) is 4.98 Å². The van der Waals surface area contributed by atoms with Crippen molar-refractivity contribution in [2.75, 3.05) is 36.8 Å². The molecule has 4 nitrogen and oxygen atoms in total. The molecule has 7 heteroatoms. The summed E-state index contributed by atoms with van der Waals surface area (Å²) >= 11 is 9.58. The average molecular weight is 418 g/mol. The van der Waals surface area contributed by atoms with Gasteiger partial charge >= 0.3 is 0 Å². The molecule has 0 atom stereocenters. The second-order valence-electron chi connectivity index (χ2n) is 6.43. The summed E-state index contributed by atoms with van der Waals surface area (Å²) in [5, 5.41) is 1.68. The van der Waals surface area contributed by atoms with Crippen LogP contribution in [0.4, 0.5) is 5.13 Å². The van der Waals surface area contributed by atoms with Gasteiger partial charge in [-0.05, 0) is 17.7 Å². The van der Waals surface area contributed by atoms with Crippen molar-refractivity contribution in [3.8, 4) is 0 Å². The van der Waals surface area contributed by atoms with E-state index in [0.717, 1.165) is 47.3 Å². The summed E-state index contributed by atoms with van der Waals surface area (Å²) in [6.45, 7) is 3.11. The number of aromatic nitrogens is 1. The molecule has 1 aliphatic rings. The van der Waals surface area contributed by atoms with Crippen LogP contribution in [0.5, 0.6) is 0 Å². The number of thioether (sulfide) groups is 1. The Bertz CT molecular complexity index is 923. The van der Waals surface area contributed by atoms with Gasteiger partial charge in [0.1, 0.15) is 5.52 Å². The fourth-order valence-corrected chi connectivity index (χ4v) is 5.31. The van der Waals surface area contributed by atoms with Gasteiger partial charge in [0.05, 0.1) is 15.5 Å². The van der Waals surface area contributed by atoms with Gasteiger partial charge in [-0.15, -0.1) is 11.8 Å². The number of halogens is 1. The lowest BCUT2D eigenvalue weighted by Crippen LogP contribution is -2.49. The Balaban J connectivity index is 1.29. The number of fused-ring (bicyclic) bond motifs is 1. The second-order valence-corrected chi connectivity index (χ2v) is 8.83. The zero-order valence-corrected chi connectivity index (χ0v) is 17.2. The van der Waals surface area contributed by atoms with Gasteiger partial charge in [0.25, 0.3) is 0 Å². The molecule has 2 aromatic carbocycles. The molecule has 0 saturated carbocycles. The highest BCUT2D eigenvalue weighted by molar-refractivity contribution is 7.99. The molecular weight excluding hydrogens is 398 g/mol. The predicted molar refractivity (Wildman–Crippen MR) is 116 cm³/mol. The quantitative estimate of drug-likeness (QED) is 0.611. The van der Waals surface area contributed by atoms with Crippen LogP contribution in [0.3, 0.4) is 0 Å². The van der Waals surface area contributed by atoms with Crippen molar-refractivity contribution in [1.82, 2.24) is 9.88 Å². The Morgan fingerprint density at radius 1 is 1.07 bits per heavy atom. The first kappa shape index (κ1) is 18.6. The average Bonchev–Trinajstić information content (AvgIpc) is 3.15. The molecule has 140 valence electrons. The van der Waals surface area contributed by atoms with Crippen molar-refractivity contribution >= 4 is 56.0 Å². The third-order valence-corrected chi connectivity index (χ3v) is 6.97. The van der Waals surface area contributed by atoms with E-state index in [9.17, 15) is 4.79 Å². The largest absolute Gasteiger partial charge is 0.345 e. The van der Waals surface area contributed by atoms with Crippen molar-refractivity contribution in [2.45, 2.75) is 5.75 Å². The first-order valence-corrected chi connectivity index (χ1v) is 11.2. The molecule has 0 spiro atoms. The lowest BCUT2D eigenvalue weighted by molar-refractivity contribution is -0.128. The molecule has 1 aromatic heterocycles. The minimum absolute atomic E-state index is 0.225. The number of carbonyl (C=O) groups is 1. The first-order valence-electron chi connectivity index (χ1n) is 8.90. The molecule has 0 bridgehead atoms. The van der Waals surface area contributed by atoms with Crippen molar-refractivity contribution in [1.29, 1.82) is 0 Å². The molecule has 3 aromatic rings. The summed E-state index contributed by atoms with van der Waals surface area (Å²) in [5.74, 6) is 1.63. The van der Waals surface area contributed by atoms with Crippen LogP contribution in [0.15, 0.2) is 48.5 Å². The topological polar surface area (TPSA) is 36.4 Å². The van der Waals surface area contributed by atoms with Crippen molar-refractivity contribution < 1.29 is 4.79 Å². The molecule has 0 aliphatic carbocycles. The number of piperazine rings is 1. The number of para-hydroxylation sites is 1. The van der Waals surface area contributed by atoms with Crippen LogP contribution < -0.4 is 4.90 Å². The summed E-state index contributed by atoms with van der Waals surface area (Å²) in [6, 6.07) is 16.1. The van der Waals surface area contributed by atoms with E-state index in [-0.39, 0.29) is 5.91 Å². The lowest BCUT2D eigenvalue weighted by atomic mass is 10.2. The van der Waals surface area contributed by atoms with Crippen LogP contribution in [0, 0.1) is 0 Å². The Morgan fingerprint density at radius 2 is 1.85 bits per heavy atom. The smallest absolute Gasteiger partial charge is 0.232 e. The fraction of sp³-hybridized carbons (Fsp3) is 0.300. The van der Waals surface area contributed by atoms with Gasteiger partial charge in [-0.2, -0.15) is 0 Å². The van der Waals surface area contributed by atoms with Gasteiger partial charge in [0.15, 0.2) is 5.13 Å². The van der Waals surface area contributed by atoms with Crippen LogP contribution >= 0.6 is 34.7 Å². The molecule has 0 N–H and O–H groups in total.